The van der Waals surface area contributed by atoms with E-state index in [1.165, 1.54) is 0 Å². The quantitative estimate of drug-likeness (QED) is 0.757. The Hall–Kier alpha value is -0.890. The molecule has 0 radical (unpaired) electrons. The van der Waals surface area contributed by atoms with Gasteiger partial charge in [-0.15, -0.1) is 0 Å². The first kappa shape index (κ1) is 12.2. The molecular weight excluding hydrogens is 188 g/mol. The summed E-state index contributed by atoms with van der Waals surface area (Å²) in [5, 5.41) is 9.64. The van der Waals surface area contributed by atoms with Gasteiger partial charge in [-0.3, -0.25) is 4.79 Å². The maximum Gasteiger partial charge on any atom is 0.156 e. The van der Waals surface area contributed by atoms with Gasteiger partial charge in [0.15, 0.2) is 5.78 Å². The molecule has 0 spiro atoms. The molecule has 0 fully saturated rings. The van der Waals surface area contributed by atoms with Crippen molar-refractivity contribution < 1.29 is 9.90 Å². The number of ketones is 1. The molecule has 1 rings (SSSR count). The molecule has 15 heavy (non-hydrogen) atoms. The van der Waals surface area contributed by atoms with Crippen molar-refractivity contribution in [2.75, 3.05) is 0 Å². The fourth-order valence-electron chi connectivity index (χ4n) is 2.10. The second kappa shape index (κ2) is 4.31. The normalized spacial score (nSPS) is 25.3. The van der Waals surface area contributed by atoms with E-state index in [0.29, 0.717) is 12.8 Å². The van der Waals surface area contributed by atoms with Gasteiger partial charge in [-0.25, -0.2) is 0 Å². The minimum atomic E-state index is -0.407. The molecule has 0 aromatic carbocycles. The molecule has 0 saturated carbocycles. The van der Waals surface area contributed by atoms with Crippen molar-refractivity contribution in [2.24, 2.45) is 5.41 Å². The van der Waals surface area contributed by atoms with Crippen molar-refractivity contribution in [3.8, 4) is 0 Å². The van der Waals surface area contributed by atoms with Crippen LogP contribution in [0.2, 0.25) is 0 Å². The molecule has 1 aliphatic rings. The van der Waals surface area contributed by atoms with E-state index >= 15 is 0 Å². The van der Waals surface area contributed by atoms with Crippen molar-refractivity contribution in [3.05, 3.63) is 23.3 Å². The summed E-state index contributed by atoms with van der Waals surface area (Å²) in [5.41, 5.74) is 1.95. The van der Waals surface area contributed by atoms with E-state index in [9.17, 15) is 9.90 Å². The predicted octanol–water partition coefficient (Wildman–Crippen LogP) is 2.63. The Morgan fingerprint density at radius 2 is 2.20 bits per heavy atom. The Labute approximate surface area is 91.7 Å². The molecule has 2 heteroatoms. The van der Waals surface area contributed by atoms with Gasteiger partial charge in [0.2, 0.25) is 0 Å². The fourth-order valence-corrected chi connectivity index (χ4v) is 2.10. The minimum Gasteiger partial charge on any atom is -0.389 e. The lowest BCUT2D eigenvalue weighted by Crippen LogP contribution is -2.25. The molecule has 1 atom stereocenters. The van der Waals surface area contributed by atoms with Gasteiger partial charge >= 0.3 is 0 Å². The molecule has 0 heterocycles. The lowest BCUT2D eigenvalue weighted by atomic mass is 9.72. The number of rotatable bonds is 2. The van der Waals surface area contributed by atoms with E-state index in [0.717, 1.165) is 11.1 Å². The summed E-state index contributed by atoms with van der Waals surface area (Å²) in [5.74, 6) is 0.181. The maximum absolute atomic E-state index is 11.4. The molecule has 2 nitrogen and oxygen atoms in total. The van der Waals surface area contributed by atoms with Crippen LogP contribution in [0.5, 0.6) is 0 Å². The van der Waals surface area contributed by atoms with Crippen LogP contribution in [0.3, 0.4) is 0 Å². The summed E-state index contributed by atoms with van der Waals surface area (Å²) in [4.78, 5) is 11.4. The van der Waals surface area contributed by atoms with E-state index < -0.39 is 6.10 Å². The molecule has 1 N–H and O–H groups in total. The molecule has 0 amide bonds. The van der Waals surface area contributed by atoms with Crippen molar-refractivity contribution in [3.63, 3.8) is 0 Å². The summed E-state index contributed by atoms with van der Waals surface area (Å²) in [6.45, 7) is 7.99. The van der Waals surface area contributed by atoms with Gasteiger partial charge in [0, 0.05) is 6.42 Å². The van der Waals surface area contributed by atoms with Gasteiger partial charge in [-0.1, -0.05) is 26.8 Å². The largest absolute Gasteiger partial charge is 0.389 e. The van der Waals surface area contributed by atoms with Crippen LogP contribution < -0.4 is 0 Å². The van der Waals surface area contributed by atoms with Gasteiger partial charge in [0.25, 0.3) is 0 Å². The van der Waals surface area contributed by atoms with Crippen molar-refractivity contribution >= 4 is 5.78 Å². The monoisotopic (exact) mass is 208 g/mol. The molecule has 0 aliphatic heterocycles. The highest BCUT2D eigenvalue weighted by molar-refractivity contribution is 5.93. The first-order valence-electron chi connectivity index (χ1n) is 5.48. The smallest absolute Gasteiger partial charge is 0.156 e. The van der Waals surface area contributed by atoms with E-state index in [4.69, 9.17) is 0 Å². The van der Waals surface area contributed by atoms with Gasteiger partial charge in [-0.2, -0.15) is 0 Å². The molecule has 0 bridgehead atoms. The lowest BCUT2D eigenvalue weighted by molar-refractivity contribution is -0.116. The van der Waals surface area contributed by atoms with Crippen molar-refractivity contribution in [2.45, 2.75) is 46.6 Å². The molecule has 1 unspecified atom stereocenters. The summed E-state index contributed by atoms with van der Waals surface area (Å²) in [7, 11) is 0. The Bertz CT molecular complexity index is 321. The summed E-state index contributed by atoms with van der Waals surface area (Å²) in [6.07, 6.45) is 4.40. The first-order chi connectivity index (χ1) is 6.86. The highest BCUT2D eigenvalue weighted by atomic mass is 16.3. The Morgan fingerprint density at radius 1 is 1.60 bits per heavy atom. The SMILES string of the molecule is CCC(O)/C=C1\C(C)=CC(=O)CC1(C)C. The topological polar surface area (TPSA) is 37.3 Å². The van der Waals surface area contributed by atoms with Crippen LogP contribution in [0.1, 0.15) is 40.5 Å². The van der Waals surface area contributed by atoms with Crippen LogP contribution in [0.15, 0.2) is 23.3 Å². The minimum absolute atomic E-state index is 0.147. The predicted molar refractivity (Wildman–Crippen MR) is 61.5 cm³/mol. The van der Waals surface area contributed by atoms with Crippen LogP contribution in [0.4, 0.5) is 0 Å². The number of aliphatic hydroxyl groups is 1. The van der Waals surface area contributed by atoms with Gasteiger partial charge in [-0.05, 0) is 36.0 Å². The maximum atomic E-state index is 11.4. The average Bonchev–Trinajstić information content (AvgIpc) is 2.09. The highest BCUT2D eigenvalue weighted by Crippen LogP contribution is 2.39. The van der Waals surface area contributed by atoms with E-state index in [1.807, 2.05) is 19.9 Å². The zero-order chi connectivity index (χ0) is 11.6. The van der Waals surface area contributed by atoms with E-state index in [2.05, 4.69) is 13.8 Å². The molecule has 0 aromatic heterocycles. The Morgan fingerprint density at radius 3 is 2.67 bits per heavy atom. The molecule has 84 valence electrons. The summed E-state index contributed by atoms with van der Waals surface area (Å²) < 4.78 is 0. The van der Waals surface area contributed by atoms with E-state index in [1.54, 1.807) is 6.08 Å². The second-order valence-corrected chi connectivity index (χ2v) is 4.91. The lowest BCUT2D eigenvalue weighted by Gasteiger charge is -2.32. The van der Waals surface area contributed by atoms with E-state index in [-0.39, 0.29) is 11.2 Å². The standard InChI is InChI=1S/C13H20O2/c1-5-10(14)7-12-9(2)6-11(15)8-13(12,3)4/h6-7,10,14H,5,8H2,1-4H3/b12-7+. The zero-order valence-corrected chi connectivity index (χ0v) is 10.0. The van der Waals surface area contributed by atoms with Crippen molar-refractivity contribution in [1.82, 2.24) is 0 Å². The van der Waals surface area contributed by atoms with Crippen LogP contribution >= 0.6 is 0 Å². The number of aliphatic hydroxyl groups excluding tert-OH is 1. The fraction of sp³-hybridized carbons (Fsp3) is 0.615. The number of hydrogen-bond donors (Lipinski definition) is 1. The van der Waals surface area contributed by atoms with Crippen LogP contribution in [-0.4, -0.2) is 17.0 Å². The molecular formula is C13H20O2. The van der Waals surface area contributed by atoms with Gasteiger partial charge in [0.1, 0.15) is 0 Å². The van der Waals surface area contributed by atoms with Crippen molar-refractivity contribution in [1.29, 1.82) is 0 Å². The van der Waals surface area contributed by atoms with Gasteiger partial charge in [0.05, 0.1) is 6.10 Å². The third-order valence-electron chi connectivity index (χ3n) is 2.92. The number of hydrogen-bond acceptors (Lipinski definition) is 2. The number of carbonyl (C=O) groups is 1. The Balaban J connectivity index is 3.09. The number of carbonyl (C=O) groups excluding carboxylic acids is 1. The van der Waals surface area contributed by atoms with Crippen LogP contribution in [0.25, 0.3) is 0 Å². The highest BCUT2D eigenvalue weighted by Gasteiger charge is 2.31. The zero-order valence-electron chi connectivity index (χ0n) is 10.0. The number of allylic oxidation sites excluding steroid dienone is 3. The van der Waals surface area contributed by atoms with Gasteiger partial charge < -0.3 is 5.11 Å². The summed E-state index contributed by atoms with van der Waals surface area (Å²) in [6, 6.07) is 0. The first-order valence-corrected chi connectivity index (χ1v) is 5.48. The molecule has 0 saturated heterocycles. The average molecular weight is 208 g/mol. The Kier molecular flexibility index (Phi) is 3.50. The van der Waals surface area contributed by atoms with Crippen LogP contribution in [-0.2, 0) is 4.79 Å². The molecule has 1 aliphatic carbocycles. The second-order valence-electron chi connectivity index (χ2n) is 4.91. The summed E-state index contributed by atoms with van der Waals surface area (Å²) >= 11 is 0. The molecule has 0 aromatic rings. The third-order valence-corrected chi connectivity index (χ3v) is 2.92. The third kappa shape index (κ3) is 2.78. The van der Waals surface area contributed by atoms with Crippen LogP contribution in [0, 0.1) is 5.41 Å².